The largest absolute Gasteiger partial charge is 0.508 e. The van der Waals surface area contributed by atoms with Crippen LogP contribution in [0.15, 0.2) is 56.2 Å². The average molecular weight is 409 g/mol. The highest BCUT2D eigenvalue weighted by atomic mass is 19.1. The van der Waals surface area contributed by atoms with Crippen molar-refractivity contribution >= 4 is 22.5 Å². The van der Waals surface area contributed by atoms with Crippen molar-refractivity contribution in [3.63, 3.8) is 0 Å². The van der Waals surface area contributed by atoms with Crippen LogP contribution in [0.5, 0.6) is 5.75 Å². The Labute approximate surface area is 174 Å². The molecule has 8 heteroatoms. The quantitative estimate of drug-likeness (QED) is 0.518. The lowest BCUT2D eigenvalue weighted by atomic mass is 10.2. The van der Waals surface area contributed by atoms with Crippen molar-refractivity contribution in [1.82, 2.24) is 19.7 Å². The molecule has 1 aliphatic rings. The molecular weight excluding hydrogens is 385 g/mol. The highest BCUT2D eigenvalue weighted by Gasteiger charge is 2.25. The van der Waals surface area contributed by atoms with Crippen LogP contribution in [0.2, 0.25) is 0 Å². The fraction of sp³-hybridized carbons (Fsp3) is 0.227. The van der Waals surface area contributed by atoms with E-state index < -0.39 is 5.95 Å². The number of nitrogens with zero attached hydrogens (tertiary/aromatic N) is 5. The standard InChI is InChI=1S/C20H20FN5O2.C2H4/c1-3-14(4-2)26-20-16(17(21)24-26)19(25-8-10-28-11-9-25)22-18(23-20)13-6-5-7-15(27)12-13;1-2/h3-7,12,27H,1,8-11H2,2H3;1-2H2/b14-4+;. The van der Waals surface area contributed by atoms with Crippen LogP contribution in [0, 0.1) is 5.95 Å². The molecule has 0 spiro atoms. The second-order valence-corrected chi connectivity index (χ2v) is 6.34. The van der Waals surface area contributed by atoms with Gasteiger partial charge in [-0.25, -0.2) is 14.6 Å². The number of aromatic nitrogens is 4. The van der Waals surface area contributed by atoms with Crippen LogP contribution in [-0.2, 0) is 4.74 Å². The minimum atomic E-state index is -0.639. The maximum Gasteiger partial charge on any atom is 0.246 e. The summed E-state index contributed by atoms with van der Waals surface area (Å²) in [5, 5.41) is 14.1. The number of allylic oxidation sites excluding steroid dienone is 3. The first-order chi connectivity index (χ1) is 14.6. The zero-order chi connectivity index (χ0) is 21.7. The number of halogens is 1. The lowest BCUT2D eigenvalue weighted by Crippen LogP contribution is -2.37. The van der Waals surface area contributed by atoms with E-state index in [2.05, 4.69) is 34.8 Å². The molecule has 0 bridgehead atoms. The Balaban J connectivity index is 0.00000124. The number of rotatable bonds is 4. The zero-order valence-corrected chi connectivity index (χ0v) is 16.9. The Bertz CT molecular complexity index is 1090. The average Bonchev–Trinajstić information content (AvgIpc) is 3.12. The number of morpholine rings is 1. The number of hydrogen-bond donors (Lipinski definition) is 1. The molecule has 1 fully saturated rings. The van der Waals surface area contributed by atoms with Gasteiger partial charge in [0.2, 0.25) is 5.95 Å². The monoisotopic (exact) mass is 409 g/mol. The third kappa shape index (κ3) is 3.95. The van der Waals surface area contributed by atoms with Gasteiger partial charge in [0.15, 0.2) is 11.5 Å². The van der Waals surface area contributed by atoms with Gasteiger partial charge >= 0.3 is 0 Å². The maximum atomic E-state index is 14.9. The number of hydrogen-bond acceptors (Lipinski definition) is 6. The molecule has 2 aromatic heterocycles. The summed E-state index contributed by atoms with van der Waals surface area (Å²) >= 11 is 0. The summed E-state index contributed by atoms with van der Waals surface area (Å²) in [5.41, 5.74) is 1.59. The second kappa shape index (κ2) is 9.32. The third-order valence-corrected chi connectivity index (χ3v) is 4.63. The smallest absolute Gasteiger partial charge is 0.246 e. The Morgan fingerprint density at radius 1 is 1.23 bits per heavy atom. The van der Waals surface area contributed by atoms with E-state index in [9.17, 15) is 9.50 Å². The summed E-state index contributed by atoms with van der Waals surface area (Å²) in [6.45, 7) is 13.9. The Morgan fingerprint density at radius 2 is 1.97 bits per heavy atom. The van der Waals surface area contributed by atoms with Crippen molar-refractivity contribution in [2.75, 3.05) is 31.2 Å². The van der Waals surface area contributed by atoms with Gasteiger partial charge in [-0.2, -0.15) is 4.39 Å². The number of benzene rings is 1. The molecule has 4 rings (SSSR count). The highest BCUT2D eigenvalue weighted by molar-refractivity contribution is 5.91. The van der Waals surface area contributed by atoms with Gasteiger partial charge in [0.25, 0.3) is 0 Å². The van der Waals surface area contributed by atoms with E-state index >= 15 is 0 Å². The minimum absolute atomic E-state index is 0.106. The Morgan fingerprint density at radius 3 is 2.60 bits per heavy atom. The van der Waals surface area contributed by atoms with E-state index in [0.717, 1.165) is 0 Å². The number of fused-ring (bicyclic) bond motifs is 1. The van der Waals surface area contributed by atoms with Crippen molar-refractivity contribution < 1.29 is 14.2 Å². The molecule has 1 aliphatic heterocycles. The fourth-order valence-corrected chi connectivity index (χ4v) is 3.25. The summed E-state index contributed by atoms with van der Waals surface area (Å²) in [7, 11) is 0. The first-order valence-corrected chi connectivity index (χ1v) is 9.50. The first-order valence-electron chi connectivity index (χ1n) is 9.50. The van der Waals surface area contributed by atoms with E-state index in [1.807, 2.05) is 11.8 Å². The molecule has 0 aliphatic carbocycles. The Hall–Kier alpha value is -3.52. The van der Waals surface area contributed by atoms with Crippen molar-refractivity contribution in [1.29, 1.82) is 0 Å². The summed E-state index contributed by atoms with van der Waals surface area (Å²) in [6.07, 6.45) is 3.37. The van der Waals surface area contributed by atoms with Gasteiger partial charge in [-0.3, -0.25) is 0 Å². The van der Waals surface area contributed by atoms with Gasteiger partial charge in [0.05, 0.1) is 18.9 Å². The van der Waals surface area contributed by atoms with Gasteiger partial charge in [0.1, 0.15) is 17.0 Å². The van der Waals surface area contributed by atoms with Crippen LogP contribution in [-0.4, -0.2) is 51.2 Å². The molecule has 30 heavy (non-hydrogen) atoms. The van der Waals surface area contributed by atoms with E-state index in [1.165, 1.54) is 4.68 Å². The molecule has 3 aromatic rings. The van der Waals surface area contributed by atoms with Crippen LogP contribution in [0.1, 0.15) is 6.92 Å². The SMILES string of the molecule is C=C.C=C/C(=C\C)n1nc(F)c2c(N3CCOCC3)nc(-c3cccc(O)c3)nc21. The number of ether oxygens (including phenoxy) is 1. The van der Waals surface area contributed by atoms with E-state index in [1.54, 1.807) is 36.4 Å². The first kappa shape index (κ1) is 21.2. The molecule has 0 radical (unpaired) electrons. The van der Waals surface area contributed by atoms with E-state index in [4.69, 9.17) is 4.74 Å². The van der Waals surface area contributed by atoms with Gasteiger partial charge in [-0.05, 0) is 25.1 Å². The Kier molecular flexibility index (Phi) is 6.58. The van der Waals surface area contributed by atoms with Crippen molar-refractivity contribution in [3.8, 4) is 17.1 Å². The van der Waals surface area contributed by atoms with Crippen LogP contribution in [0.3, 0.4) is 0 Å². The predicted molar refractivity (Wildman–Crippen MR) is 117 cm³/mol. The topological polar surface area (TPSA) is 76.3 Å². The number of aromatic hydroxyl groups is 1. The van der Waals surface area contributed by atoms with Crippen LogP contribution < -0.4 is 4.90 Å². The number of phenolic OH excluding ortho intramolecular Hbond substituents is 1. The molecule has 0 unspecified atom stereocenters. The molecule has 3 heterocycles. The van der Waals surface area contributed by atoms with Gasteiger partial charge in [-0.15, -0.1) is 18.3 Å². The lowest BCUT2D eigenvalue weighted by molar-refractivity contribution is 0.122. The molecule has 1 saturated heterocycles. The summed E-state index contributed by atoms with van der Waals surface area (Å²) in [4.78, 5) is 11.2. The highest BCUT2D eigenvalue weighted by Crippen LogP contribution is 2.32. The van der Waals surface area contributed by atoms with E-state index in [-0.39, 0.29) is 11.1 Å². The molecule has 1 N–H and O–H groups in total. The van der Waals surface area contributed by atoms with Gasteiger partial charge in [0, 0.05) is 18.7 Å². The van der Waals surface area contributed by atoms with E-state index in [0.29, 0.717) is 54.9 Å². The number of anilines is 1. The maximum absolute atomic E-state index is 14.9. The minimum Gasteiger partial charge on any atom is -0.508 e. The summed E-state index contributed by atoms with van der Waals surface area (Å²) < 4.78 is 21.7. The van der Waals surface area contributed by atoms with Crippen molar-refractivity contribution in [3.05, 3.63) is 62.1 Å². The summed E-state index contributed by atoms with van der Waals surface area (Å²) in [5.74, 6) is 0.314. The van der Waals surface area contributed by atoms with Gasteiger partial charge in [-0.1, -0.05) is 24.8 Å². The molecule has 156 valence electrons. The normalized spacial score (nSPS) is 14.3. The molecule has 0 saturated carbocycles. The van der Waals surface area contributed by atoms with Crippen LogP contribution in [0.25, 0.3) is 28.1 Å². The summed E-state index contributed by atoms with van der Waals surface area (Å²) in [6, 6.07) is 6.66. The third-order valence-electron chi connectivity index (χ3n) is 4.63. The predicted octanol–water partition coefficient (Wildman–Crippen LogP) is 4.02. The number of phenols is 1. The van der Waals surface area contributed by atoms with Crippen LogP contribution in [0.4, 0.5) is 10.2 Å². The van der Waals surface area contributed by atoms with Gasteiger partial charge < -0.3 is 14.7 Å². The van der Waals surface area contributed by atoms with Crippen LogP contribution >= 0.6 is 0 Å². The molecule has 1 aromatic carbocycles. The lowest BCUT2D eigenvalue weighted by Gasteiger charge is -2.28. The molecule has 0 amide bonds. The van der Waals surface area contributed by atoms with Crippen molar-refractivity contribution in [2.24, 2.45) is 0 Å². The molecule has 0 atom stereocenters. The molecular formula is C22H24FN5O2. The fourth-order valence-electron chi connectivity index (χ4n) is 3.25. The van der Waals surface area contributed by atoms with Crippen molar-refractivity contribution in [2.45, 2.75) is 6.92 Å². The second-order valence-electron chi connectivity index (χ2n) is 6.34. The molecule has 7 nitrogen and oxygen atoms in total. The zero-order valence-electron chi connectivity index (χ0n) is 16.9.